The van der Waals surface area contributed by atoms with Crippen LogP contribution in [0.5, 0.6) is 0 Å². The minimum Gasteiger partial charge on any atom is -0.0616 e. The summed E-state index contributed by atoms with van der Waals surface area (Å²) in [5, 5.41) is 0. The van der Waals surface area contributed by atoms with Gasteiger partial charge >= 0.3 is 0 Å². The molecule has 0 spiro atoms. The van der Waals surface area contributed by atoms with E-state index in [0.717, 1.165) is 4.47 Å². The van der Waals surface area contributed by atoms with Crippen molar-refractivity contribution in [1.29, 1.82) is 0 Å². The lowest BCUT2D eigenvalue weighted by molar-refractivity contribution is 0.568. The van der Waals surface area contributed by atoms with Gasteiger partial charge in [-0.25, -0.2) is 0 Å². The van der Waals surface area contributed by atoms with Crippen LogP contribution in [0.2, 0.25) is 0 Å². The van der Waals surface area contributed by atoms with Crippen molar-refractivity contribution in [3.05, 3.63) is 69.2 Å². The summed E-state index contributed by atoms with van der Waals surface area (Å²) in [4.78, 5) is 0. The maximum absolute atomic E-state index is 3.61. The lowest BCUT2D eigenvalue weighted by Crippen LogP contribution is -2.16. The zero-order chi connectivity index (χ0) is 17.3. The summed E-state index contributed by atoms with van der Waals surface area (Å²) >= 11 is 3.61. The van der Waals surface area contributed by atoms with E-state index in [1.807, 2.05) is 6.07 Å². The van der Waals surface area contributed by atoms with Crippen LogP contribution in [0.25, 0.3) is 12.2 Å². The number of rotatable bonds is 2. The van der Waals surface area contributed by atoms with Crippen LogP contribution < -0.4 is 0 Å². The van der Waals surface area contributed by atoms with Crippen molar-refractivity contribution in [3.63, 3.8) is 0 Å². The van der Waals surface area contributed by atoms with Crippen LogP contribution in [0.3, 0.4) is 0 Å². The van der Waals surface area contributed by atoms with E-state index in [-0.39, 0.29) is 10.8 Å². The molecule has 0 heterocycles. The molecule has 0 aliphatic heterocycles. The van der Waals surface area contributed by atoms with Gasteiger partial charge in [0.1, 0.15) is 0 Å². The van der Waals surface area contributed by atoms with Gasteiger partial charge in [0.25, 0.3) is 0 Å². The van der Waals surface area contributed by atoms with Crippen LogP contribution in [-0.4, -0.2) is 0 Å². The van der Waals surface area contributed by atoms with Gasteiger partial charge in [-0.3, -0.25) is 0 Å². The lowest BCUT2D eigenvalue weighted by atomic mass is 9.79. The van der Waals surface area contributed by atoms with Gasteiger partial charge in [0.05, 0.1) is 0 Å². The first-order valence-electron chi connectivity index (χ1n) is 8.16. The molecule has 0 bridgehead atoms. The molecule has 0 saturated carbocycles. The molecule has 0 aliphatic carbocycles. The number of hydrogen-bond acceptors (Lipinski definition) is 0. The Morgan fingerprint density at radius 2 is 1.26 bits per heavy atom. The quantitative estimate of drug-likeness (QED) is 0.489. The van der Waals surface area contributed by atoms with Crippen LogP contribution in [0.15, 0.2) is 46.9 Å². The highest BCUT2D eigenvalue weighted by molar-refractivity contribution is 9.10. The molecule has 0 atom stereocenters. The van der Waals surface area contributed by atoms with Gasteiger partial charge in [-0.2, -0.15) is 0 Å². The topological polar surface area (TPSA) is 0 Å². The normalized spacial score (nSPS) is 12.8. The molecule has 0 fully saturated rings. The molecule has 2 aromatic carbocycles. The fourth-order valence-corrected chi connectivity index (χ4v) is 2.83. The maximum atomic E-state index is 3.61. The predicted molar refractivity (Wildman–Crippen MR) is 107 cm³/mol. The minimum atomic E-state index is 0.150. The zero-order valence-electron chi connectivity index (χ0n) is 15.1. The third-order valence-electron chi connectivity index (χ3n) is 4.05. The molecule has 0 saturated heterocycles. The third kappa shape index (κ3) is 4.81. The summed E-state index contributed by atoms with van der Waals surface area (Å²) in [5.41, 5.74) is 5.53. The van der Waals surface area contributed by atoms with Crippen LogP contribution in [-0.2, 0) is 10.8 Å². The van der Waals surface area contributed by atoms with Gasteiger partial charge in [-0.05, 0) is 39.2 Å². The molecular formula is C22H27Br. The Balaban J connectivity index is 2.48. The Labute approximate surface area is 149 Å². The van der Waals surface area contributed by atoms with E-state index < -0.39 is 0 Å². The second-order valence-electron chi connectivity index (χ2n) is 8.20. The number of halogens is 1. The Morgan fingerprint density at radius 1 is 0.739 bits per heavy atom. The van der Waals surface area contributed by atoms with Crippen LogP contribution in [0.1, 0.15) is 63.8 Å². The molecule has 0 aromatic heterocycles. The Kier molecular flexibility index (Phi) is 5.20. The Morgan fingerprint density at radius 3 is 1.74 bits per heavy atom. The van der Waals surface area contributed by atoms with E-state index in [1.54, 1.807) is 0 Å². The van der Waals surface area contributed by atoms with Gasteiger partial charge in [-0.15, -0.1) is 0 Å². The van der Waals surface area contributed by atoms with Crippen LogP contribution >= 0.6 is 15.9 Å². The van der Waals surface area contributed by atoms with Gasteiger partial charge in [-0.1, -0.05) is 106 Å². The van der Waals surface area contributed by atoms with Crippen molar-refractivity contribution >= 4 is 28.1 Å². The minimum absolute atomic E-state index is 0.150. The summed E-state index contributed by atoms with van der Waals surface area (Å²) in [7, 11) is 0. The average Bonchev–Trinajstić information content (AvgIpc) is 2.44. The maximum Gasteiger partial charge on any atom is 0.0247 e. The second-order valence-corrected chi connectivity index (χ2v) is 9.05. The second kappa shape index (κ2) is 6.65. The van der Waals surface area contributed by atoms with Crippen molar-refractivity contribution in [1.82, 2.24) is 0 Å². The van der Waals surface area contributed by atoms with Gasteiger partial charge in [0.15, 0.2) is 0 Å². The molecule has 2 rings (SSSR count). The van der Waals surface area contributed by atoms with Gasteiger partial charge < -0.3 is 0 Å². The summed E-state index contributed by atoms with van der Waals surface area (Å²) in [5.74, 6) is 0. The molecule has 0 N–H and O–H groups in total. The van der Waals surface area contributed by atoms with E-state index in [1.165, 1.54) is 22.3 Å². The van der Waals surface area contributed by atoms with Crippen molar-refractivity contribution in [2.45, 2.75) is 52.4 Å². The summed E-state index contributed by atoms with van der Waals surface area (Å²) in [6.07, 6.45) is 4.39. The third-order valence-corrected chi connectivity index (χ3v) is 4.77. The molecule has 0 amide bonds. The molecule has 0 nitrogen and oxygen atoms in total. The number of hydrogen-bond donors (Lipinski definition) is 0. The van der Waals surface area contributed by atoms with E-state index in [2.05, 4.69) is 106 Å². The summed E-state index contributed by atoms with van der Waals surface area (Å²) < 4.78 is 1.12. The molecule has 122 valence electrons. The molecule has 23 heavy (non-hydrogen) atoms. The smallest absolute Gasteiger partial charge is 0.0247 e. The van der Waals surface area contributed by atoms with E-state index in [4.69, 9.17) is 0 Å². The number of benzene rings is 2. The molecule has 0 radical (unpaired) electrons. The molecule has 0 aliphatic rings. The largest absolute Gasteiger partial charge is 0.0616 e. The van der Waals surface area contributed by atoms with Crippen LogP contribution in [0.4, 0.5) is 0 Å². The van der Waals surface area contributed by atoms with Crippen LogP contribution in [0, 0.1) is 0 Å². The fourth-order valence-electron chi connectivity index (χ4n) is 2.41. The highest BCUT2D eigenvalue weighted by Crippen LogP contribution is 2.31. The SMILES string of the molecule is CC(C)(C)c1cc(/C=C\c2ccccc2Br)cc(C(C)(C)C)c1. The summed E-state index contributed by atoms with van der Waals surface area (Å²) in [6, 6.07) is 15.3. The Bertz CT molecular complexity index is 677. The Hall–Kier alpha value is -1.34. The standard InChI is InChI=1S/C22H27Br/c1-21(2,3)18-13-16(14-19(15-18)22(4,5)6)11-12-17-9-7-8-10-20(17)23/h7-15H,1-6H3/b12-11-. The van der Waals surface area contributed by atoms with Gasteiger partial charge in [0, 0.05) is 4.47 Å². The van der Waals surface area contributed by atoms with Crippen molar-refractivity contribution in [3.8, 4) is 0 Å². The average molecular weight is 371 g/mol. The molecule has 1 heteroatoms. The molecule has 2 aromatic rings. The van der Waals surface area contributed by atoms with Crippen molar-refractivity contribution < 1.29 is 0 Å². The summed E-state index contributed by atoms with van der Waals surface area (Å²) in [6.45, 7) is 13.6. The van der Waals surface area contributed by atoms with E-state index in [9.17, 15) is 0 Å². The first-order chi connectivity index (χ1) is 10.6. The zero-order valence-corrected chi connectivity index (χ0v) is 16.7. The fraction of sp³-hybridized carbons (Fsp3) is 0.364. The van der Waals surface area contributed by atoms with Crippen molar-refractivity contribution in [2.75, 3.05) is 0 Å². The lowest BCUT2D eigenvalue weighted by Gasteiger charge is -2.25. The van der Waals surface area contributed by atoms with Crippen molar-refractivity contribution in [2.24, 2.45) is 0 Å². The first kappa shape index (κ1) is 18.0. The predicted octanol–water partition coefficient (Wildman–Crippen LogP) is 7.21. The monoisotopic (exact) mass is 370 g/mol. The van der Waals surface area contributed by atoms with Gasteiger partial charge in [0.2, 0.25) is 0 Å². The van der Waals surface area contributed by atoms with E-state index >= 15 is 0 Å². The van der Waals surface area contributed by atoms with E-state index in [0.29, 0.717) is 0 Å². The molecule has 0 unspecified atom stereocenters. The highest BCUT2D eigenvalue weighted by atomic mass is 79.9. The molecular weight excluding hydrogens is 344 g/mol. The highest BCUT2D eigenvalue weighted by Gasteiger charge is 2.19. The first-order valence-corrected chi connectivity index (χ1v) is 8.95.